The number of aromatic hydroxyl groups is 1. The minimum atomic E-state index is -0.464. The predicted octanol–water partition coefficient (Wildman–Crippen LogP) is 5.55. The number of rotatable bonds is 5. The van der Waals surface area contributed by atoms with Gasteiger partial charge in [-0.2, -0.15) is 0 Å². The topological polar surface area (TPSA) is 61.4 Å². The van der Waals surface area contributed by atoms with Crippen molar-refractivity contribution in [2.45, 2.75) is 25.7 Å². The van der Waals surface area contributed by atoms with E-state index in [1.54, 1.807) is 12.1 Å². The van der Waals surface area contributed by atoms with Gasteiger partial charge in [-0.1, -0.05) is 36.0 Å². The summed E-state index contributed by atoms with van der Waals surface area (Å²) in [6.45, 7) is 0.943. The number of hydrogen-bond acceptors (Lipinski definition) is 3. The van der Waals surface area contributed by atoms with Crippen molar-refractivity contribution < 1.29 is 9.90 Å². The lowest BCUT2D eigenvalue weighted by Gasteiger charge is -2.14. The number of phenols is 1. The first-order valence-electron chi connectivity index (χ1n) is 8.36. The highest BCUT2D eigenvalue weighted by atomic mass is 35.5. The van der Waals surface area contributed by atoms with Gasteiger partial charge in [-0.25, -0.2) is 0 Å². The van der Waals surface area contributed by atoms with E-state index < -0.39 is 5.91 Å². The van der Waals surface area contributed by atoms with Crippen LogP contribution >= 0.6 is 23.2 Å². The summed E-state index contributed by atoms with van der Waals surface area (Å²) in [4.78, 5) is 12.3. The number of amides is 1. The molecule has 2 aromatic carbocycles. The van der Waals surface area contributed by atoms with Gasteiger partial charge in [0.2, 0.25) is 0 Å². The van der Waals surface area contributed by atoms with Crippen molar-refractivity contribution in [3.05, 3.63) is 52.0 Å². The maximum atomic E-state index is 12.3. The van der Waals surface area contributed by atoms with Gasteiger partial charge in [0.05, 0.1) is 16.3 Å². The largest absolute Gasteiger partial charge is 0.507 e. The van der Waals surface area contributed by atoms with Crippen LogP contribution < -0.4 is 10.6 Å². The van der Waals surface area contributed by atoms with E-state index in [0.717, 1.165) is 18.2 Å². The Balaban J connectivity index is 1.66. The number of anilines is 2. The zero-order valence-corrected chi connectivity index (χ0v) is 15.2. The van der Waals surface area contributed by atoms with Gasteiger partial charge in [0.15, 0.2) is 0 Å². The molecule has 0 heterocycles. The summed E-state index contributed by atoms with van der Waals surface area (Å²) >= 11 is 12.2. The molecule has 0 bridgehead atoms. The molecule has 0 saturated heterocycles. The summed E-state index contributed by atoms with van der Waals surface area (Å²) in [5.41, 5.74) is 1.52. The van der Waals surface area contributed by atoms with Crippen molar-refractivity contribution in [3.8, 4) is 5.75 Å². The molecule has 1 aliphatic carbocycles. The van der Waals surface area contributed by atoms with Crippen LogP contribution in [0.3, 0.4) is 0 Å². The average molecular weight is 379 g/mol. The van der Waals surface area contributed by atoms with Crippen LogP contribution in [-0.2, 0) is 0 Å². The second-order valence-corrected chi connectivity index (χ2v) is 7.19. The van der Waals surface area contributed by atoms with Gasteiger partial charge in [0, 0.05) is 17.3 Å². The van der Waals surface area contributed by atoms with E-state index in [0.29, 0.717) is 15.7 Å². The molecule has 1 saturated carbocycles. The molecule has 0 unspecified atom stereocenters. The first kappa shape index (κ1) is 17.9. The van der Waals surface area contributed by atoms with Gasteiger partial charge in [0.1, 0.15) is 5.75 Å². The van der Waals surface area contributed by atoms with Crippen LogP contribution in [0.5, 0.6) is 5.75 Å². The molecule has 3 rings (SSSR count). The summed E-state index contributed by atoms with van der Waals surface area (Å²) in [6.07, 6.45) is 5.18. The molecule has 132 valence electrons. The van der Waals surface area contributed by atoms with Crippen molar-refractivity contribution in [2.75, 3.05) is 17.2 Å². The monoisotopic (exact) mass is 378 g/mol. The van der Waals surface area contributed by atoms with Gasteiger partial charge < -0.3 is 15.7 Å². The lowest BCUT2D eigenvalue weighted by Crippen LogP contribution is -2.13. The van der Waals surface area contributed by atoms with Crippen LogP contribution in [0.25, 0.3) is 0 Å². The smallest absolute Gasteiger partial charge is 0.259 e. The molecule has 0 radical (unpaired) electrons. The standard InChI is InChI=1S/C19H20Cl2N2O2/c20-13-5-8-18(24)15(9-13)19(25)23-17-7-6-14(10-16(17)21)22-11-12-3-1-2-4-12/h5-10,12,22,24H,1-4,11H2,(H,23,25). The van der Waals surface area contributed by atoms with Crippen molar-refractivity contribution >= 4 is 40.5 Å². The summed E-state index contributed by atoms with van der Waals surface area (Å²) in [6, 6.07) is 9.75. The van der Waals surface area contributed by atoms with E-state index in [1.807, 2.05) is 6.07 Å². The highest BCUT2D eigenvalue weighted by molar-refractivity contribution is 6.34. The predicted molar refractivity (Wildman–Crippen MR) is 103 cm³/mol. The quantitative estimate of drug-likeness (QED) is 0.638. The highest BCUT2D eigenvalue weighted by Gasteiger charge is 2.16. The van der Waals surface area contributed by atoms with E-state index in [4.69, 9.17) is 23.2 Å². The Bertz CT molecular complexity index is 774. The van der Waals surface area contributed by atoms with Crippen LogP contribution in [0, 0.1) is 5.92 Å². The summed E-state index contributed by atoms with van der Waals surface area (Å²) in [5.74, 6) is 0.130. The van der Waals surface area contributed by atoms with Gasteiger partial charge in [-0.3, -0.25) is 4.79 Å². The SMILES string of the molecule is O=C(Nc1ccc(NCC2CCCC2)cc1Cl)c1cc(Cl)ccc1O. The molecule has 1 fully saturated rings. The lowest BCUT2D eigenvalue weighted by molar-refractivity contribution is 0.102. The molecular weight excluding hydrogens is 359 g/mol. The summed E-state index contributed by atoms with van der Waals surface area (Å²) < 4.78 is 0. The van der Waals surface area contributed by atoms with Crippen molar-refractivity contribution in [1.82, 2.24) is 0 Å². The third-order valence-electron chi connectivity index (χ3n) is 4.49. The van der Waals surface area contributed by atoms with E-state index in [-0.39, 0.29) is 11.3 Å². The fourth-order valence-corrected chi connectivity index (χ4v) is 3.48. The third kappa shape index (κ3) is 4.59. The molecule has 3 N–H and O–H groups in total. The minimum Gasteiger partial charge on any atom is -0.507 e. The van der Waals surface area contributed by atoms with E-state index in [1.165, 1.54) is 43.9 Å². The van der Waals surface area contributed by atoms with Crippen LogP contribution in [0.4, 0.5) is 11.4 Å². The fourth-order valence-electron chi connectivity index (χ4n) is 3.08. The van der Waals surface area contributed by atoms with E-state index in [2.05, 4.69) is 10.6 Å². The zero-order chi connectivity index (χ0) is 17.8. The lowest BCUT2D eigenvalue weighted by atomic mass is 10.1. The highest BCUT2D eigenvalue weighted by Crippen LogP contribution is 2.29. The van der Waals surface area contributed by atoms with Gasteiger partial charge >= 0.3 is 0 Å². The molecule has 0 spiro atoms. The normalized spacial score (nSPS) is 14.5. The summed E-state index contributed by atoms with van der Waals surface area (Å²) in [7, 11) is 0. The van der Waals surface area contributed by atoms with Crippen LogP contribution in [0.2, 0.25) is 10.0 Å². The molecule has 4 nitrogen and oxygen atoms in total. The van der Waals surface area contributed by atoms with Crippen molar-refractivity contribution in [2.24, 2.45) is 5.92 Å². The number of benzene rings is 2. The molecule has 0 atom stereocenters. The molecule has 0 aromatic heterocycles. The number of carbonyl (C=O) groups is 1. The molecule has 2 aromatic rings. The number of nitrogens with one attached hydrogen (secondary N) is 2. The van der Waals surface area contributed by atoms with E-state index >= 15 is 0 Å². The number of phenolic OH excluding ortho intramolecular Hbond substituents is 1. The Morgan fingerprint density at radius 1 is 1.12 bits per heavy atom. The fraction of sp³-hybridized carbons (Fsp3) is 0.316. The number of carbonyl (C=O) groups excluding carboxylic acids is 1. The van der Waals surface area contributed by atoms with E-state index in [9.17, 15) is 9.90 Å². The Kier molecular flexibility index (Phi) is 5.71. The first-order chi connectivity index (χ1) is 12.0. The Morgan fingerprint density at radius 2 is 1.88 bits per heavy atom. The average Bonchev–Trinajstić information content (AvgIpc) is 3.11. The van der Waals surface area contributed by atoms with Gasteiger partial charge in [-0.15, -0.1) is 0 Å². The molecule has 0 aliphatic heterocycles. The van der Waals surface area contributed by atoms with Crippen LogP contribution in [0.1, 0.15) is 36.0 Å². The van der Waals surface area contributed by atoms with Gasteiger partial charge in [-0.05, 0) is 55.2 Å². The Morgan fingerprint density at radius 3 is 2.60 bits per heavy atom. The molecule has 25 heavy (non-hydrogen) atoms. The summed E-state index contributed by atoms with van der Waals surface area (Å²) in [5, 5.41) is 16.7. The molecule has 1 aliphatic rings. The van der Waals surface area contributed by atoms with Crippen molar-refractivity contribution in [3.63, 3.8) is 0 Å². The second-order valence-electron chi connectivity index (χ2n) is 6.34. The molecule has 1 amide bonds. The number of hydrogen-bond donors (Lipinski definition) is 3. The minimum absolute atomic E-state index is 0.104. The van der Waals surface area contributed by atoms with Crippen LogP contribution in [-0.4, -0.2) is 17.6 Å². The second kappa shape index (κ2) is 7.98. The molecular formula is C19H20Cl2N2O2. The zero-order valence-electron chi connectivity index (χ0n) is 13.7. The Labute approximate surface area is 157 Å². The maximum absolute atomic E-state index is 12.3. The third-order valence-corrected chi connectivity index (χ3v) is 5.04. The van der Waals surface area contributed by atoms with Gasteiger partial charge in [0.25, 0.3) is 5.91 Å². The maximum Gasteiger partial charge on any atom is 0.259 e. The Hall–Kier alpha value is -1.91. The van der Waals surface area contributed by atoms with Crippen molar-refractivity contribution in [1.29, 1.82) is 0 Å². The van der Waals surface area contributed by atoms with Crippen LogP contribution in [0.15, 0.2) is 36.4 Å². The first-order valence-corrected chi connectivity index (χ1v) is 9.12. The number of halogens is 2. The molecule has 6 heteroatoms.